The number of aryl methyl sites for hydroxylation is 1. The standard InChI is InChI=1S/C30H21ClF3N3O4S2/c1-15-5-11-19(12-6-15)35-21(38)14-36-28-25(43-29(36)41)22(16-7-9-18(31)10-8-16)23-24(42-28)27(40)37(26(23)39)20-4-2-3-17(13-20)30(32,33)34/h2-13,22-24H,14H2,1H3,(H,35,38)/t22-,23?,24?/m1/s1. The number of carbonyl (C=O) groups is 3. The molecule has 0 spiro atoms. The van der Waals surface area contributed by atoms with E-state index in [9.17, 15) is 32.3 Å². The van der Waals surface area contributed by atoms with Crippen LogP contribution in [0.3, 0.4) is 0 Å². The fraction of sp³-hybridized carbons (Fsp3) is 0.200. The summed E-state index contributed by atoms with van der Waals surface area (Å²) in [6, 6.07) is 17.8. The average molecular weight is 644 g/mol. The molecule has 0 aliphatic carbocycles. The normalized spacial score (nSPS) is 19.7. The molecule has 1 N–H and O–H groups in total. The van der Waals surface area contributed by atoms with Gasteiger partial charge in [0.25, 0.3) is 0 Å². The molecule has 4 aromatic rings. The van der Waals surface area contributed by atoms with E-state index < -0.39 is 51.4 Å². The topological polar surface area (TPSA) is 88.5 Å². The van der Waals surface area contributed by atoms with Crippen molar-refractivity contribution in [2.45, 2.75) is 35.8 Å². The molecule has 3 amide bonds. The Labute approximate surface area is 256 Å². The summed E-state index contributed by atoms with van der Waals surface area (Å²) in [4.78, 5) is 54.8. The third kappa shape index (κ3) is 5.39. The van der Waals surface area contributed by atoms with Gasteiger partial charge >= 0.3 is 11.0 Å². The fourth-order valence-electron chi connectivity index (χ4n) is 5.34. The van der Waals surface area contributed by atoms with Gasteiger partial charge in [-0.2, -0.15) is 13.2 Å². The quantitative estimate of drug-likeness (QED) is 0.257. The van der Waals surface area contributed by atoms with Crippen molar-refractivity contribution in [3.05, 3.63) is 109 Å². The summed E-state index contributed by atoms with van der Waals surface area (Å²) in [5.74, 6) is -3.61. The zero-order chi connectivity index (χ0) is 30.6. The van der Waals surface area contributed by atoms with Crippen LogP contribution < -0.4 is 15.1 Å². The number of aromatic nitrogens is 1. The monoisotopic (exact) mass is 643 g/mol. The Bertz CT molecular complexity index is 1820. The van der Waals surface area contributed by atoms with Crippen LogP contribution in [0, 0.1) is 12.8 Å². The molecule has 1 saturated heterocycles. The van der Waals surface area contributed by atoms with E-state index in [2.05, 4.69) is 5.32 Å². The third-order valence-electron chi connectivity index (χ3n) is 7.35. The van der Waals surface area contributed by atoms with Crippen molar-refractivity contribution >= 4 is 63.8 Å². The second-order valence-electron chi connectivity index (χ2n) is 10.2. The van der Waals surface area contributed by atoms with Crippen LogP contribution in [-0.2, 0) is 27.1 Å². The van der Waals surface area contributed by atoms with Crippen molar-refractivity contribution in [1.82, 2.24) is 4.57 Å². The number of hydrogen-bond acceptors (Lipinski definition) is 6. The van der Waals surface area contributed by atoms with Crippen LogP contribution in [-0.4, -0.2) is 27.5 Å². The van der Waals surface area contributed by atoms with Gasteiger partial charge in [0.1, 0.15) is 11.8 Å². The van der Waals surface area contributed by atoms with Crippen LogP contribution in [0.15, 0.2) is 82.6 Å². The number of carbonyl (C=O) groups excluding carboxylic acids is 3. The largest absolute Gasteiger partial charge is 0.416 e. The lowest BCUT2D eigenvalue weighted by molar-refractivity contribution is -0.137. The smallest absolute Gasteiger partial charge is 0.325 e. The number of halogens is 4. The average Bonchev–Trinajstić information content (AvgIpc) is 3.40. The van der Waals surface area contributed by atoms with Gasteiger partial charge in [0.15, 0.2) is 0 Å². The molecule has 2 aliphatic heterocycles. The van der Waals surface area contributed by atoms with Gasteiger partial charge in [-0.25, -0.2) is 4.90 Å². The van der Waals surface area contributed by atoms with Crippen LogP contribution in [0.1, 0.15) is 27.5 Å². The molecule has 1 aromatic heterocycles. The van der Waals surface area contributed by atoms with Crippen molar-refractivity contribution in [2.75, 3.05) is 10.2 Å². The molecule has 0 bridgehead atoms. The number of nitrogens with zero attached hydrogens (tertiary/aromatic N) is 2. The maximum absolute atomic E-state index is 13.9. The van der Waals surface area contributed by atoms with Gasteiger partial charge in [-0.1, -0.05) is 70.6 Å². The highest BCUT2D eigenvalue weighted by atomic mass is 35.5. The first kappa shape index (κ1) is 29.2. The highest BCUT2D eigenvalue weighted by molar-refractivity contribution is 8.00. The highest BCUT2D eigenvalue weighted by Crippen LogP contribution is 2.54. The van der Waals surface area contributed by atoms with E-state index in [0.29, 0.717) is 26.2 Å². The molecule has 3 aromatic carbocycles. The van der Waals surface area contributed by atoms with Gasteiger partial charge < -0.3 is 5.32 Å². The molecule has 13 heteroatoms. The molecule has 2 aliphatic rings. The first-order chi connectivity index (χ1) is 20.4. The van der Waals surface area contributed by atoms with E-state index in [1.54, 1.807) is 36.4 Å². The number of imide groups is 1. The maximum Gasteiger partial charge on any atom is 0.416 e. The van der Waals surface area contributed by atoms with E-state index in [-0.39, 0.29) is 12.2 Å². The van der Waals surface area contributed by atoms with E-state index in [1.165, 1.54) is 10.6 Å². The molecule has 0 saturated carbocycles. The van der Waals surface area contributed by atoms with Gasteiger partial charge in [-0.05, 0) is 55.0 Å². The van der Waals surface area contributed by atoms with Gasteiger partial charge in [0.05, 0.1) is 22.2 Å². The lowest BCUT2D eigenvalue weighted by Crippen LogP contribution is -2.33. The summed E-state index contributed by atoms with van der Waals surface area (Å²) in [6.45, 7) is 1.57. The molecule has 3 heterocycles. The summed E-state index contributed by atoms with van der Waals surface area (Å²) in [5, 5.41) is 2.51. The third-order valence-corrected chi connectivity index (χ3v) is 10.2. The van der Waals surface area contributed by atoms with E-state index >= 15 is 0 Å². The fourth-order valence-corrected chi connectivity index (χ4v) is 8.24. The van der Waals surface area contributed by atoms with Gasteiger partial charge in [-0.3, -0.25) is 23.7 Å². The number of alkyl halides is 3. The lowest BCUT2D eigenvalue weighted by Gasteiger charge is -2.30. The van der Waals surface area contributed by atoms with E-state index in [1.807, 2.05) is 19.1 Å². The minimum atomic E-state index is -4.67. The van der Waals surface area contributed by atoms with Crippen molar-refractivity contribution in [1.29, 1.82) is 0 Å². The SMILES string of the molecule is Cc1ccc(NC(=O)Cn2c3c(sc2=O)[C@H](c2ccc(Cl)cc2)C2C(=O)N(c4cccc(C(F)(F)F)c4)C(=O)C2S3)cc1. The Morgan fingerprint density at radius 3 is 2.35 bits per heavy atom. The Hall–Kier alpha value is -3.87. The number of hydrogen-bond donors (Lipinski definition) is 1. The number of fused-ring (bicyclic) bond motifs is 2. The minimum Gasteiger partial charge on any atom is -0.325 e. The van der Waals surface area contributed by atoms with Gasteiger partial charge in [-0.15, -0.1) is 0 Å². The van der Waals surface area contributed by atoms with Crippen molar-refractivity contribution in [3.8, 4) is 0 Å². The number of rotatable bonds is 5. The van der Waals surface area contributed by atoms with E-state index in [4.69, 9.17) is 11.6 Å². The number of thioether (sulfide) groups is 1. The summed E-state index contributed by atoms with van der Waals surface area (Å²) in [7, 11) is 0. The highest BCUT2D eigenvalue weighted by Gasteiger charge is 2.57. The molecular formula is C30H21ClF3N3O4S2. The zero-order valence-electron chi connectivity index (χ0n) is 22.2. The van der Waals surface area contributed by atoms with Crippen LogP contribution in [0.4, 0.5) is 24.5 Å². The molecule has 7 nitrogen and oxygen atoms in total. The van der Waals surface area contributed by atoms with Crippen molar-refractivity contribution < 1.29 is 27.6 Å². The lowest BCUT2D eigenvalue weighted by atomic mass is 9.83. The molecule has 3 atom stereocenters. The summed E-state index contributed by atoms with van der Waals surface area (Å²) in [5.41, 5.74) is 0.983. The molecule has 0 radical (unpaired) electrons. The minimum absolute atomic E-state index is 0.187. The summed E-state index contributed by atoms with van der Waals surface area (Å²) < 4.78 is 41.7. The number of thiazole rings is 1. The van der Waals surface area contributed by atoms with Crippen LogP contribution in [0.25, 0.3) is 0 Å². The molecule has 2 unspecified atom stereocenters. The number of nitrogens with one attached hydrogen (secondary N) is 1. The Morgan fingerprint density at radius 2 is 1.67 bits per heavy atom. The zero-order valence-corrected chi connectivity index (χ0v) is 24.6. The second kappa shape index (κ2) is 11.0. The number of anilines is 2. The van der Waals surface area contributed by atoms with Gasteiger partial charge in [0.2, 0.25) is 17.7 Å². The van der Waals surface area contributed by atoms with Crippen LogP contribution in [0.2, 0.25) is 5.02 Å². The second-order valence-corrected chi connectivity index (χ2v) is 12.8. The van der Waals surface area contributed by atoms with Crippen molar-refractivity contribution in [3.63, 3.8) is 0 Å². The number of amides is 3. The van der Waals surface area contributed by atoms with E-state index in [0.717, 1.165) is 51.8 Å². The molecule has 6 rings (SSSR count). The molecular weight excluding hydrogens is 623 g/mol. The van der Waals surface area contributed by atoms with Crippen LogP contribution >= 0.6 is 34.7 Å². The van der Waals surface area contributed by atoms with Crippen LogP contribution in [0.5, 0.6) is 0 Å². The Kier molecular flexibility index (Phi) is 7.47. The Morgan fingerprint density at radius 1 is 0.977 bits per heavy atom. The first-order valence-electron chi connectivity index (χ1n) is 13.0. The maximum atomic E-state index is 13.9. The number of benzene rings is 3. The molecule has 1 fully saturated rings. The van der Waals surface area contributed by atoms with Crippen molar-refractivity contribution in [2.24, 2.45) is 5.92 Å². The summed E-state index contributed by atoms with van der Waals surface area (Å²) >= 11 is 7.96. The Balaban J connectivity index is 1.40. The molecule has 43 heavy (non-hydrogen) atoms. The van der Waals surface area contributed by atoms with Gasteiger partial charge in [0, 0.05) is 21.5 Å². The molecule has 220 valence electrons. The first-order valence-corrected chi connectivity index (χ1v) is 15.1. The predicted octanol–water partition coefficient (Wildman–Crippen LogP) is 6.32. The summed E-state index contributed by atoms with van der Waals surface area (Å²) in [6.07, 6.45) is -4.67. The predicted molar refractivity (Wildman–Crippen MR) is 159 cm³/mol.